The molecular formula is C42H56N2O2. The van der Waals surface area contributed by atoms with Crippen LogP contribution in [0.3, 0.4) is 0 Å². The predicted octanol–water partition coefficient (Wildman–Crippen LogP) is 11.4. The van der Waals surface area contributed by atoms with Crippen molar-refractivity contribution in [3.63, 3.8) is 0 Å². The SMILES string of the molecule is CCCCCCCCCCNC(=O)c1ccc2ccccc2c1-c1c(C(=O)NCCCCCCCCCC)ccc2ccccc12. The third-order valence-electron chi connectivity index (χ3n) is 9.23. The molecular weight excluding hydrogens is 564 g/mol. The van der Waals surface area contributed by atoms with E-state index in [0.29, 0.717) is 24.2 Å². The highest BCUT2D eigenvalue weighted by molar-refractivity contribution is 6.18. The first-order valence-electron chi connectivity index (χ1n) is 18.3. The van der Waals surface area contributed by atoms with E-state index in [1.807, 2.05) is 48.5 Å². The quantitative estimate of drug-likeness (QED) is 0.0911. The monoisotopic (exact) mass is 620 g/mol. The van der Waals surface area contributed by atoms with E-state index in [-0.39, 0.29) is 11.8 Å². The van der Waals surface area contributed by atoms with Crippen LogP contribution in [0.5, 0.6) is 0 Å². The molecule has 0 aromatic heterocycles. The maximum Gasteiger partial charge on any atom is 0.251 e. The number of hydrogen-bond acceptors (Lipinski definition) is 2. The molecule has 4 heteroatoms. The zero-order valence-electron chi connectivity index (χ0n) is 28.5. The average molecular weight is 621 g/mol. The second-order valence-electron chi connectivity index (χ2n) is 12.9. The smallest absolute Gasteiger partial charge is 0.251 e. The largest absolute Gasteiger partial charge is 0.352 e. The summed E-state index contributed by atoms with van der Waals surface area (Å²) in [4.78, 5) is 27.7. The summed E-state index contributed by atoms with van der Waals surface area (Å²) in [7, 11) is 0. The molecule has 2 N–H and O–H groups in total. The molecule has 0 spiro atoms. The minimum Gasteiger partial charge on any atom is -0.352 e. The van der Waals surface area contributed by atoms with Crippen LogP contribution in [0.4, 0.5) is 0 Å². The second kappa shape index (κ2) is 19.8. The van der Waals surface area contributed by atoms with Crippen LogP contribution in [-0.2, 0) is 0 Å². The van der Waals surface area contributed by atoms with Gasteiger partial charge in [0.15, 0.2) is 0 Å². The summed E-state index contributed by atoms with van der Waals surface area (Å²) in [6.07, 6.45) is 19.6. The highest BCUT2D eigenvalue weighted by Gasteiger charge is 2.23. The summed E-state index contributed by atoms with van der Waals surface area (Å²) in [5.41, 5.74) is 2.90. The van der Waals surface area contributed by atoms with Gasteiger partial charge in [-0.2, -0.15) is 0 Å². The third kappa shape index (κ3) is 10.2. The molecule has 0 fully saturated rings. The van der Waals surface area contributed by atoms with Crippen molar-refractivity contribution in [2.45, 2.75) is 117 Å². The number of hydrogen-bond donors (Lipinski definition) is 2. The topological polar surface area (TPSA) is 58.2 Å². The fourth-order valence-corrected chi connectivity index (χ4v) is 6.57. The molecule has 4 aromatic carbocycles. The van der Waals surface area contributed by atoms with E-state index in [2.05, 4.69) is 48.7 Å². The van der Waals surface area contributed by atoms with Crippen LogP contribution >= 0.6 is 0 Å². The number of rotatable bonds is 21. The maximum atomic E-state index is 13.9. The van der Waals surface area contributed by atoms with E-state index in [1.165, 1.54) is 77.0 Å². The first kappa shape index (κ1) is 35.2. The molecule has 0 saturated heterocycles. The molecule has 0 unspecified atom stereocenters. The van der Waals surface area contributed by atoms with E-state index in [4.69, 9.17) is 0 Å². The van der Waals surface area contributed by atoms with Gasteiger partial charge in [-0.05, 0) is 46.5 Å². The molecule has 0 saturated carbocycles. The molecule has 0 radical (unpaired) electrons. The Labute approximate surface area is 277 Å². The van der Waals surface area contributed by atoms with Crippen LogP contribution in [0.15, 0.2) is 72.8 Å². The summed E-state index contributed by atoms with van der Waals surface area (Å²) in [6.45, 7) is 5.81. The van der Waals surface area contributed by atoms with Crippen molar-refractivity contribution >= 4 is 33.4 Å². The molecule has 4 nitrogen and oxygen atoms in total. The van der Waals surface area contributed by atoms with Crippen LogP contribution in [0, 0.1) is 0 Å². The van der Waals surface area contributed by atoms with Crippen molar-refractivity contribution < 1.29 is 9.59 Å². The lowest BCUT2D eigenvalue weighted by Crippen LogP contribution is -2.26. The number of fused-ring (bicyclic) bond motifs is 2. The Hall–Kier alpha value is -3.66. The van der Waals surface area contributed by atoms with Gasteiger partial charge in [0, 0.05) is 35.3 Å². The van der Waals surface area contributed by atoms with Crippen molar-refractivity contribution in [2.75, 3.05) is 13.1 Å². The first-order valence-corrected chi connectivity index (χ1v) is 18.3. The molecule has 46 heavy (non-hydrogen) atoms. The summed E-state index contributed by atoms with van der Waals surface area (Å²) in [6, 6.07) is 24.3. The molecule has 0 heterocycles. The molecule has 0 aliphatic heterocycles. The Kier molecular flexibility index (Phi) is 15.1. The fraction of sp³-hybridized carbons (Fsp3) is 0.476. The van der Waals surface area contributed by atoms with E-state index >= 15 is 0 Å². The lowest BCUT2D eigenvalue weighted by Gasteiger charge is -2.19. The summed E-state index contributed by atoms with van der Waals surface area (Å²) >= 11 is 0. The van der Waals surface area contributed by atoms with Crippen LogP contribution in [-0.4, -0.2) is 24.9 Å². The van der Waals surface area contributed by atoms with Gasteiger partial charge in [0.2, 0.25) is 0 Å². The highest BCUT2D eigenvalue weighted by atomic mass is 16.2. The standard InChI is InChI=1S/C42H56N2O2/c1-3-5-7-9-11-13-15-21-31-43-41(45)37-29-27-33-23-17-19-25-35(33)39(37)40-36-26-20-18-24-34(36)28-30-38(40)42(46)44-32-22-16-14-12-10-8-6-4-2/h17-20,23-30H,3-16,21-22,31-32H2,1-2H3,(H,43,45)(H,44,46). The van der Waals surface area contributed by atoms with E-state index in [0.717, 1.165) is 58.4 Å². The van der Waals surface area contributed by atoms with E-state index in [9.17, 15) is 9.59 Å². The molecule has 0 atom stereocenters. The number of carbonyl (C=O) groups excluding carboxylic acids is 2. The normalized spacial score (nSPS) is 11.3. The lowest BCUT2D eigenvalue weighted by atomic mass is 9.86. The van der Waals surface area contributed by atoms with Crippen LogP contribution < -0.4 is 10.6 Å². The summed E-state index contributed by atoms with van der Waals surface area (Å²) in [5.74, 6) is -0.163. The fourth-order valence-electron chi connectivity index (χ4n) is 6.57. The highest BCUT2D eigenvalue weighted by Crippen LogP contribution is 2.39. The predicted molar refractivity (Wildman–Crippen MR) is 197 cm³/mol. The Bertz CT molecular complexity index is 1410. The number of carbonyl (C=O) groups is 2. The van der Waals surface area contributed by atoms with Gasteiger partial charge < -0.3 is 10.6 Å². The van der Waals surface area contributed by atoms with Crippen molar-refractivity contribution in [3.05, 3.63) is 83.9 Å². The van der Waals surface area contributed by atoms with Crippen LogP contribution in [0.2, 0.25) is 0 Å². The summed E-state index contributed by atoms with van der Waals surface area (Å²) in [5, 5.41) is 10.5. The van der Waals surface area contributed by atoms with Crippen molar-refractivity contribution in [2.24, 2.45) is 0 Å². The van der Waals surface area contributed by atoms with Crippen LogP contribution in [0.25, 0.3) is 32.7 Å². The molecule has 2 amide bonds. The molecule has 246 valence electrons. The Morgan fingerprint density at radius 2 is 0.783 bits per heavy atom. The third-order valence-corrected chi connectivity index (χ3v) is 9.23. The minimum absolute atomic E-state index is 0.0815. The molecule has 0 bridgehead atoms. The summed E-state index contributed by atoms with van der Waals surface area (Å²) < 4.78 is 0. The van der Waals surface area contributed by atoms with Crippen molar-refractivity contribution in [1.29, 1.82) is 0 Å². The van der Waals surface area contributed by atoms with Crippen molar-refractivity contribution in [1.82, 2.24) is 10.6 Å². The zero-order chi connectivity index (χ0) is 32.4. The molecule has 0 aliphatic rings. The van der Waals surface area contributed by atoms with Gasteiger partial charge in [0.05, 0.1) is 0 Å². The van der Waals surface area contributed by atoms with Gasteiger partial charge in [0.25, 0.3) is 11.8 Å². The number of benzene rings is 4. The average Bonchev–Trinajstić information content (AvgIpc) is 3.09. The zero-order valence-corrected chi connectivity index (χ0v) is 28.5. The number of unbranched alkanes of at least 4 members (excludes halogenated alkanes) is 14. The number of nitrogens with one attached hydrogen (secondary N) is 2. The van der Waals surface area contributed by atoms with Gasteiger partial charge in [-0.15, -0.1) is 0 Å². The number of amides is 2. The van der Waals surface area contributed by atoms with Gasteiger partial charge in [-0.1, -0.05) is 164 Å². The lowest BCUT2D eigenvalue weighted by molar-refractivity contribution is 0.0943. The van der Waals surface area contributed by atoms with Gasteiger partial charge >= 0.3 is 0 Å². The van der Waals surface area contributed by atoms with E-state index < -0.39 is 0 Å². The molecule has 0 aliphatic carbocycles. The molecule has 4 aromatic rings. The van der Waals surface area contributed by atoms with Crippen LogP contribution in [0.1, 0.15) is 137 Å². The Morgan fingerprint density at radius 1 is 0.435 bits per heavy atom. The second-order valence-corrected chi connectivity index (χ2v) is 12.9. The Balaban J connectivity index is 1.54. The van der Waals surface area contributed by atoms with Crippen molar-refractivity contribution in [3.8, 4) is 11.1 Å². The Morgan fingerprint density at radius 3 is 1.17 bits per heavy atom. The first-order chi connectivity index (χ1) is 22.7. The molecule has 4 rings (SSSR count). The maximum absolute atomic E-state index is 13.9. The van der Waals surface area contributed by atoms with Gasteiger partial charge in [-0.3, -0.25) is 9.59 Å². The van der Waals surface area contributed by atoms with Gasteiger partial charge in [-0.25, -0.2) is 0 Å². The van der Waals surface area contributed by atoms with E-state index in [1.54, 1.807) is 0 Å². The van der Waals surface area contributed by atoms with Gasteiger partial charge in [0.1, 0.15) is 0 Å². The minimum atomic E-state index is -0.0815.